The maximum atomic E-state index is 12.6. The highest BCUT2D eigenvalue weighted by molar-refractivity contribution is 6.05. The van der Waals surface area contributed by atoms with Gasteiger partial charge in [-0.15, -0.1) is 0 Å². The third-order valence-corrected chi connectivity index (χ3v) is 4.86. The summed E-state index contributed by atoms with van der Waals surface area (Å²) in [5.41, 5.74) is 3.57. The van der Waals surface area contributed by atoms with E-state index in [0.29, 0.717) is 11.5 Å². The summed E-state index contributed by atoms with van der Waals surface area (Å²) in [6.07, 6.45) is 8.32. The van der Waals surface area contributed by atoms with Crippen LogP contribution in [0.1, 0.15) is 28.3 Å². The molecular weight excluding hydrogens is 326 g/mol. The number of carbonyl (C=O) groups is 1. The van der Waals surface area contributed by atoms with Gasteiger partial charge in [0.15, 0.2) is 0 Å². The van der Waals surface area contributed by atoms with E-state index < -0.39 is 0 Å². The molecule has 26 heavy (non-hydrogen) atoms. The van der Waals surface area contributed by atoms with Crippen molar-refractivity contribution in [3.63, 3.8) is 0 Å². The molecular formula is C20H17N5O. The van der Waals surface area contributed by atoms with Crippen molar-refractivity contribution >= 4 is 16.9 Å². The zero-order valence-electron chi connectivity index (χ0n) is 14.0. The van der Waals surface area contributed by atoms with Crippen LogP contribution in [-0.2, 0) is 0 Å². The van der Waals surface area contributed by atoms with Gasteiger partial charge >= 0.3 is 0 Å². The zero-order valence-corrected chi connectivity index (χ0v) is 14.0. The third-order valence-electron chi connectivity index (χ3n) is 4.86. The Balaban J connectivity index is 1.30. The van der Waals surface area contributed by atoms with Crippen LogP contribution in [0.4, 0.5) is 0 Å². The van der Waals surface area contributed by atoms with Crippen LogP contribution in [-0.4, -0.2) is 31.7 Å². The zero-order chi connectivity index (χ0) is 17.5. The van der Waals surface area contributed by atoms with Gasteiger partial charge in [0, 0.05) is 35.9 Å². The van der Waals surface area contributed by atoms with Gasteiger partial charge in [-0.25, -0.2) is 9.67 Å². The lowest BCUT2D eigenvalue weighted by Gasteiger charge is -2.05. The Kier molecular flexibility index (Phi) is 3.35. The van der Waals surface area contributed by atoms with Crippen molar-refractivity contribution in [2.75, 3.05) is 0 Å². The van der Waals surface area contributed by atoms with Crippen LogP contribution in [0.2, 0.25) is 0 Å². The van der Waals surface area contributed by atoms with Crippen LogP contribution in [0.25, 0.3) is 16.7 Å². The molecule has 2 atom stereocenters. The van der Waals surface area contributed by atoms with E-state index in [0.717, 1.165) is 28.7 Å². The molecule has 128 valence electrons. The molecule has 1 aliphatic carbocycles. The maximum absolute atomic E-state index is 12.6. The second-order valence-corrected chi connectivity index (χ2v) is 6.57. The first kappa shape index (κ1) is 14.9. The van der Waals surface area contributed by atoms with Crippen LogP contribution >= 0.6 is 0 Å². The van der Waals surface area contributed by atoms with E-state index in [9.17, 15) is 4.79 Å². The summed E-state index contributed by atoms with van der Waals surface area (Å²) in [6, 6.07) is 13.8. The topological polar surface area (TPSA) is 75.6 Å². The van der Waals surface area contributed by atoms with Gasteiger partial charge in [-0.1, -0.05) is 18.2 Å². The first-order valence-electron chi connectivity index (χ1n) is 8.62. The highest BCUT2D eigenvalue weighted by Crippen LogP contribution is 2.41. The van der Waals surface area contributed by atoms with E-state index in [2.05, 4.69) is 20.4 Å². The molecule has 0 radical (unpaired) electrons. The fraction of sp³-hybridized carbons (Fsp3) is 0.150. The van der Waals surface area contributed by atoms with Crippen LogP contribution < -0.4 is 5.32 Å². The largest absolute Gasteiger partial charge is 0.349 e. The number of rotatable bonds is 4. The van der Waals surface area contributed by atoms with Crippen molar-refractivity contribution in [1.82, 2.24) is 25.1 Å². The van der Waals surface area contributed by atoms with Gasteiger partial charge in [-0.05, 0) is 36.2 Å². The molecule has 0 saturated heterocycles. The number of nitrogens with one attached hydrogen (secondary N) is 2. The third kappa shape index (κ3) is 2.56. The average Bonchev–Trinajstić information content (AvgIpc) is 3.10. The number of fused-ring (bicyclic) bond motifs is 1. The number of aromatic nitrogens is 4. The summed E-state index contributed by atoms with van der Waals surface area (Å²) >= 11 is 0. The van der Waals surface area contributed by atoms with Crippen molar-refractivity contribution in [3.8, 4) is 5.69 Å². The molecule has 1 fully saturated rings. The van der Waals surface area contributed by atoms with E-state index >= 15 is 0 Å². The molecule has 0 aliphatic heterocycles. The first-order chi connectivity index (χ1) is 12.8. The predicted octanol–water partition coefficient (Wildman–Crippen LogP) is 3.03. The number of benzene rings is 1. The number of nitrogens with zero attached hydrogens (tertiary/aromatic N) is 3. The second kappa shape index (κ2) is 5.84. The van der Waals surface area contributed by atoms with Gasteiger partial charge < -0.3 is 10.3 Å². The van der Waals surface area contributed by atoms with E-state index in [4.69, 9.17) is 0 Å². The van der Waals surface area contributed by atoms with E-state index in [1.165, 1.54) is 0 Å². The fourth-order valence-electron chi connectivity index (χ4n) is 3.38. The minimum absolute atomic E-state index is 0.0556. The number of para-hydroxylation sites is 1. The van der Waals surface area contributed by atoms with Gasteiger partial charge in [0.2, 0.25) is 0 Å². The number of hydrogen-bond donors (Lipinski definition) is 2. The Morgan fingerprint density at radius 1 is 1.19 bits per heavy atom. The lowest BCUT2D eigenvalue weighted by atomic mass is 10.1. The van der Waals surface area contributed by atoms with Crippen molar-refractivity contribution in [2.24, 2.45) is 0 Å². The molecule has 6 nitrogen and oxygen atoms in total. The number of pyridine rings is 1. The fourth-order valence-corrected chi connectivity index (χ4v) is 3.38. The van der Waals surface area contributed by atoms with Crippen LogP contribution in [0.15, 0.2) is 67.3 Å². The number of H-pyrrole nitrogens is 1. The Morgan fingerprint density at radius 3 is 2.96 bits per heavy atom. The Morgan fingerprint density at radius 2 is 2.08 bits per heavy atom. The van der Waals surface area contributed by atoms with Crippen molar-refractivity contribution in [2.45, 2.75) is 18.4 Å². The molecule has 3 heterocycles. The predicted molar refractivity (Wildman–Crippen MR) is 98.3 cm³/mol. The summed E-state index contributed by atoms with van der Waals surface area (Å²) in [4.78, 5) is 19.9. The van der Waals surface area contributed by atoms with Crippen molar-refractivity contribution in [3.05, 3.63) is 78.4 Å². The number of aromatic amines is 1. The van der Waals surface area contributed by atoms with Crippen molar-refractivity contribution in [1.29, 1.82) is 0 Å². The molecule has 0 spiro atoms. The smallest absolute Gasteiger partial charge is 0.252 e. The lowest BCUT2D eigenvalue weighted by molar-refractivity contribution is 0.0952. The van der Waals surface area contributed by atoms with Gasteiger partial charge in [0.05, 0.1) is 17.4 Å². The van der Waals surface area contributed by atoms with Gasteiger partial charge in [0.25, 0.3) is 5.91 Å². The summed E-state index contributed by atoms with van der Waals surface area (Å²) < 4.78 is 1.87. The quantitative estimate of drug-likeness (QED) is 0.598. The van der Waals surface area contributed by atoms with Gasteiger partial charge in [-0.2, -0.15) is 5.10 Å². The average molecular weight is 343 g/mol. The summed E-state index contributed by atoms with van der Waals surface area (Å²) in [5, 5.41) is 8.42. The van der Waals surface area contributed by atoms with Crippen LogP contribution in [0.5, 0.6) is 0 Å². The summed E-state index contributed by atoms with van der Waals surface area (Å²) in [6.45, 7) is 0. The number of hydrogen-bond acceptors (Lipinski definition) is 3. The highest BCUT2D eigenvalue weighted by atomic mass is 16.1. The monoisotopic (exact) mass is 343 g/mol. The molecule has 1 saturated carbocycles. The van der Waals surface area contributed by atoms with Crippen LogP contribution in [0.3, 0.4) is 0 Å². The van der Waals surface area contributed by atoms with Gasteiger partial charge in [0.1, 0.15) is 5.65 Å². The lowest BCUT2D eigenvalue weighted by Crippen LogP contribution is -2.26. The maximum Gasteiger partial charge on any atom is 0.252 e. The van der Waals surface area contributed by atoms with Crippen LogP contribution in [0, 0.1) is 0 Å². The number of amides is 1. The molecule has 0 unspecified atom stereocenters. The van der Waals surface area contributed by atoms with E-state index in [1.54, 1.807) is 18.5 Å². The Bertz CT molecular complexity index is 1080. The molecule has 1 aromatic carbocycles. The molecule has 0 bridgehead atoms. The van der Waals surface area contributed by atoms with Gasteiger partial charge in [-0.3, -0.25) is 4.79 Å². The minimum atomic E-state index is -0.0556. The molecule has 4 aromatic rings. The molecule has 2 N–H and O–H groups in total. The molecule has 1 aliphatic rings. The normalized spacial score (nSPS) is 18.8. The highest BCUT2D eigenvalue weighted by Gasteiger charge is 2.40. The summed E-state index contributed by atoms with van der Waals surface area (Å²) in [7, 11) is 0. The molecule has 5 rings (SSSR count). The number of carbonyl (C=O) groups excluding carboxylic acids is 1. The Labute approximate surface area is 149 Å². The second-order valence-electron chi connectivity index (χ2n) is 6.57. The van der Waals surface area contributed by atoms with E-state index in [-0.39, 0.29) is 11.9 Å². The molecule has 6 heteroatoms. The summed E-state index contributed by atoms with van der Waals surface area (Å²) in [5.74, 6) is 0.264. The standard InChI is InChI=1S/C20H17N5O/c26-20(16-7-9-22-19-15(16)6-8-21-19)24-18-10-17(18)13-11-23-25(12-13)14-4-2-1-3-5-14/h1-9,11-12,17-18H,10H2,(H,21,22)(H,24,26)/t17-,18+/m0/s1. The minimum Gasteiger partial charge on any atom is -0.349 e. The SMILES string of the molecule is O=C(N[C@@H]1C[C@H]1c1cnn(-c2ccccc2)c1)c1ccnc2[nH]ccc12. The first-order valence-corrected chi connectivity index (χ1v) is 8.62. The van der Waals surface area contributed by atoms with Crippen molar-refractivity contribution < 1.29 is 4.79 Å². The molecule has 1 amide bonds. The van der Waals surface area contributed by atoms with E-state index in [1.807, 2.05) is 53.5 Å². The molecule has 3 aromatic heterocycles. The Hall–Kier alpha value is -3.41.